The van der Waals surface area contributed by atoms with Crippen LogP contribution in [0.5, 0.6) is 5.75 Å². The highest BCUT2D eigenvalue weighted by Crippen LogP contribution is 2.29. The standard InChI is InChI=1S/C13H15NO3/c1-14-8-9(7-12(15)17-3)10-5-4-6-11(16-2)13(10)14/h4-6,8H,7H2,1-3H3. The van der Waals surface area contributed by atoms with Crippen molar-refractivity contribution in [2.24, 2.45) is 7.05 Å². The highest BCUT2D eigenvalue weighted by atomic mass is 16.5. The minimum Gasteiger partial charge on any atom is -0.495 e. The molecule has 0 unspecified atom stereocenters. The van der Waals surface area contributed by atoms with Gasteiger partial charge in [-0.3, -0.25) is 4.79 Å². The minimum atomic E-state index is -0.236. The van der Waals surface area contributed by atoms with Gasteiger partial charge in [-0.05, 0) is 11.6 Å². The Labute approximate surface area is 99.7 Å². The van der Waals surface area contributed by atoms with Gasteiger partial charge >= 0.3 is 5.97 Å². The van der Waals surface area contributed by atoms with Crippen LogP contribution in [0.15, 0.2) is 24.4 Å². The number of nitrogens with zero attached hydrogens (tertiary/aromatic N) is 1. The van der Waals surface area contributed by atoms with E-state index < -0.39 is 0 Å². The SMILES string of the molecule is COC(=O)Cc1cn(C)c2c(OC)cccc12. The first-order valence-electron chi connectivity index (χ1n) is 5.35. The molecular weight excluding hydrogens is 218 g/mol. The van der Waals surface area contributed by atoms with Gasteiger partial charge in [0.1, 0.15) is 5.75 Å². The van der Waals surface area contributed by atoms with Crippen molar-refractivity contribution in [2.45, 2.75) is 6.42 Å². The molecule has 90 valence electrons. The lowest BCUT2D eigenvalue weighted by Crippen LogP contribution is -2.03. The Kier molecular flexibility index (Phi) is 3.04. The number of carbonyl (C=O) groups excluding carboxylic acids is 1. The first kappa shape index (κ1) is 11.5. The fourth-order valence-corrected chi connectivity index (χ4v) is 2.05. The van der Waals surface area contributed by atoms with Crippen LogP contribution in [-0.2, 0) is 23.0 Å². The average molecular weight is 233 g/mol. The summed E-state index contributed by atoms with van der Waals surface area (Å²) in [5.74, 6) is 0.571. The Morgan fingerprint density at radius 3 is 2.76 bits per heavy atom. The normalized spacial score (nSPS) is 10.5. The van der Waals surface area contributed by atoms with Crippen molar-refractivity contribution < 1.29 is 14.3 Å². The van der Waals surface area contributed by atoms with Crippen molar-refractivity contribution >= 4 is 16.9 Å². The number of fused-ring (bicyclic) bond motifs is 1. The first-order chi connectivity index (χ1) is 8.17. The van der Waals surface area contributed by atoms with Crippen LogP contribution < -0.4 is 4.74 Å². The number of para-hydroxylation sites is 1. The van der Waals surface area contributed by atoms with Gasteiger partial charge in [0.05, 0.1) is 26.2 Å². The van der Waals surface area contributed by atoms with Gasteiger partial charge in [0.15, 0.2) is 0 Å². The van der Waals surface area contributed by atoms with E-state index >= 15 is 0 Å². The summed E-state index contributed by atoms with van der Waals surface area (Å²) < 4.78 is 12.0. The van der Waals surface area contributed by atoms with Crippen LogP contribution >= 0.6 is 0 Å². The second-order valence-electron chi connectivity index (χ2n) is 3.87. The molecule has 2 aromatic rings. The van der Waals surface area contributed by atoms with Gasteiger partial charge in [0.2, 0.25) is 0 Å². The fraction of sp³-hybridized carbons (Fsp3) is 0.308. The molecule has 1 heterocycles. The van der Waals surface area contributed by atoms with E-state index in [1.54, 1.807) is 7.11 Å². The molecule has 0 aliphatic heterocycles. The number of ether oxygens (including phenoxy) is 2. The van der Waals surface area contributed by atoms with Gasteiger partial charge in [-0.2, -0.15) is 0 Å². The van der Waals surface area contributed by atoms with Crippen molar-refractivity contribution in [1.82, 2.24) is 4.57 Å². The highest BCUT2D eigenvalue weighted by molar-refractivity contribution is 5.91. The van der Waals surface area contributed by atoms with Crippen LogP contribution in [0.25, 0.3) is 10.9 Å². The van der Waals surface area contributed by atoms with Gasteiger partial charge in [0.25, 0.3) is 0 Å². The molecule has 0 atom stereocenters. The van der Waals surface area contributed by atoms with E-state index in [4.69, 9.17) is 4.74 Å². The number of aromatic nitrogens is 1. The Balaban J connectivity index is 2.56. The Hall–Kier alpha value is -1.97. The molecule has 0 N–H and O–H groups in total. The number of benzene rings is 1. The number of rotatable bonds is 3. The summed E-state index contributed by atoms with van der Waals surface area (Å²) in [5.41, 5.74) is 1.95. The van der Waals surface area contributed by atoms with Crippen molar-refractivity contribution in [1.29, 1.82) is 0 Å². The third kappa shape index (κ3) is 1.98. The molecule has 4 heteroatoms. The van der Waals surface area contributed by atoms with E-state index in [0.29, 0.717) is 0 Å². The molecule has 0 saturated carbocycles. The molecular formula is C13H15NO3. The molecule has 0 bridgehead atoms. The number of hydrogen-bond donors (Lipinski definition) is 0. The molecule has 17 heavy (non-hydrogen) atoms. The van der Waals surface area contributed by atoms with Crippen molar-refractivity contribution in [3.05, 3.63) is 30.0 Å². The lowest BCUT2D eigenvalue weighted by Gasteiger charge is -2.04. The van der Waals surface area contributed by atoms with Gasteiger partial charge < -0.3 is 14.0 Å². The molecule has 4 nitrogen and oxygen atoms in total. The third-order valence-corrected chi connectivity index (χ3v) is 2.83. The molecule has 1 aromatic heterocycles. The summed E-state index contributed by atoms with van der Waals surface area (Å²) in [7, 11) is 4.97. The summed E-state index contributed by atoms with van der Waals surface area (Å²) in [4.78, 5) is 11.3. The topological polar surface area (TPSA) is 40.5 Å². The molecule has 0 amide bonds. The van der Waals surface area contributed by atoms with Gasteiger partial charge in [-0.25, -0.2) is 0 Å². The second-order valence-corrected chi connectivity index (χ2v) is 3.87. The van der Waals surface area contributed by atoms with Crippen LogP contribution in [-0.4, -0.2) is 24.8 Å². The van der Waals surface area contributed by atoms with Crippen molar-refractivity contribution in [3.63, 3.8) is 0 Å². The van der Waals surface area contributed by atoms with Crippen LogP contribution in [0.1, 0.15) is 5.56 Å². The van der Waals surface area contributed by atoms with E-state index in [1.807, 2.05) is 36.0 Å². The predicted molar refractivity (Wildman–Crippen MR) is 65.2 cm³/mol. The number of esters is 1. The smallest absolute Gasteiger partial charge is 0.310 e. The first-order valence-corrected chi connectivity index (χ1v) is 5.35. The summed E-state index contributed by atoms with van der Waals surface area (Å²) in [5, 5.41) is 1.03. The molecule has 0 fully saturated rings. The Morgan fingerprint density at radius 2 is 2.12 bits per heavy atom. The van der Waals surface area contributed by atoms with Crippen LogP contribution in [0.3, 0.4) is 0 Å². The predicted octanol–water partition coefficient (Wildman–Crippen LogP) is 1.90. The molecule has 0 radical (unpaired) electrons. The van der Waals surface area contributed by atoms with E-state index in [2.05, 4.69) is 4.74 Å². The van der Waals surface area contributed by atoms with Crippen molar-refractivity contribution in [2.75, 3.05) is 14.2 Å². The molecule has 0 aliphatic carbocycles. The zero-order valence-corrected chi connectivity index (χ0v) is 10.2. The van der Waals surface area contributed by atoms with E-state index in [0.717, 1.165) is 22.2 Å². The van der Waals surface area contributed by atoms with Crippen LogP contribution in [0.2, 0.25) is 0 Å². The highest BCUT2D eigenvalue weighted by Gasteiger charge is 2.13. The minimum absolute atomic E-state index is 0.236. The number of aryl methyl sites for hydroxylation is 1. The molecule has 0 aliphatic rings. The Bertz CT molecular complexity index is 557. The molecule has 1 aromatic carbocycles. The van der Waals surface area contributed by atoms with Gasteiger partial charge in [-0.1, -0.05) is 12.1 Å². The van der Waals surface area contributed by atoms with Gasteiger partial charge in [0, 0.05) is 18.6 Å². The van der Waals surface area contributed by atoms with E-state index in [-0.39, 0.29) is 12.4 Å². The fourth-order valence-electron chi connectivity index (χ4n) is 2.05. The monoisotopic (exact) mass is 233 g/mol. The number of hydrogen-bond acceptors (Lipinski definition) is 3. The molecule has 2 rings (SSSR count). The second kappa shape index (κ2) is 4.49. The third-order valence-electron chi connectivity index (χ3n) is 2.83. The van der Waals surface area contributed by atoms with Crippen LogP contribution in [0.4, 0.5) is 0 Å². The summed E-state index contributed by atoms with van der Waals surface area (Å²) in [6, 6.07) is 5.81. The number of methoxy groups -OCH3 is 2. The van der Waals surface area contributed by atoms with Crippen molar-refractivity contribution in [3.8, 4) is 5.75 Å². The maximum Gasteiger partial charge on any atom is 0.310 e. The largest absolute Gasteiger partial charge is 0.495 e. The summed E-state index contributed by atoms with van der Waals surface area (Å²) in [6.45, 7) is 0. The van der Waals surface area contributed by atoms with E-state index in [9.17, 15) is 4.79 Å². The average Bonchev–Trinajstić information content (AvgIpc) is 2.66. The zero-order chi connectivity index (χ0) is 12.4. The molecule has 0 saturated heterocycles. The maximum absolute atomic E-state index is 11.3. The Morgan fingerprint density at radius 1 is 1.35 bits per heavy atom. The quantitative estimate of drug-likeness (QED) is 0.760. The lowest BCUT2D eigenvalue weighted by atomic mass is 10.1. The summed E-state index contributed by atoms with van der Waals surface area (Å²) >= 11 is 0. The van der Waals surface area contributed by atoms with E-state index in [1.165, 1.54) is 7.11 Å². The summed E-state index contributed by atoms with van der Waals surface area (Å²) in [6.07, 6.45) is 2.21. The zero-order valence-electron chi connectivity index (χ0n) is 10.2. The molecule has 0 spiro atoms. The van der Waals surface area contributed by atoms with Gasteiger partial charge in [-0.15, -0.1) is 0 Å². The van der Waals surface area contributed by atoms with Crippen LogP contribution in [0, 0.1) is 0 Å². The number of carbonyl (C=O) groups is 1. The maximum atomic E-state index is 11.3. The lowest BCUT2D eigenvalue weighted by molar-refractivity contribution is -0.139.